The Balaban J connectivity index is 2.77. The highest BCUT2D eigenvalue weighted by Crippen LogP contribution is 2.24. The molecule has 1 rings (SSSR count). The molecule has 0 fully saturated rings. The number of halogens is 2. The Hall–Kier alpha value is -1.26. The van der Waals surface area contributed by atoms with Gasteiger partial charge in [-0.3, -0.25) is 9.69 Å². The largest absolute Gasteiger partial charge is 0.328 e. The zero-order valence-electron chi connectivity index (χ0n) is 7.83. The Morgan fingerprint density at radius 2 is 2.07 bits per heavy atom. The minimum Gasteiger partial charge on any atom is -0.307 e. The van der Waals surface area contributed by atoms with E-state index in [-0.39, 0.29) is 0 Å². The van der Waals surface area contributed by atoms with Crippen LogP contribution in [-0.4, -0.2) is 24.4 Å². The normalized spacial score (nSPS) is 9.53. The molecule has 0 atom stereocenters. The first-order valence-corrected chi connectivity index (χ1v) is 4.74. The van der Waals surface area contributed by atoms with Gasteiger partial charge < -0.3 is 5.32 Å². The van der Waals surface area contributed by atoms with Gasteiger partial charge in [-0.2, -0.15) is 0 Å². The highest BCUT2D eigenvalue weighted by atomic mass is 35.5. The van der Waals surface area contributed by atoms with Crippen LogP contribution in [0.25, 0.3) is 0 Å². The van der Waals surface area contributed by atoms with Crippen molar-refractivity contribution in [3.8, 4) is 0 Å². The number of urea groups is 1. The third kappa shape index (κ3) is 3.11. The van der Waals surface area contributed by atoms with Gasteiger partial charge in [-0.1, -0.05) is 23.2 Å². The summed E-state index contributed by atoms with van der Waals surface area (Å²) in [5.41, 5.74) is 0.475. The summed E-state index contributed by atoms with van der Waals surface area (Å²) in [6.07, 6.45) is 0.410. The van der Waals surface area contributed by atoms with E-state index in [1.54, 1.807) is 12.1 Å². The average molecular weight is 247 g/mol. The lowest BCUT2D eigenvalue weighted by atomic mass is 10.3. The lowest BCUT2D eigenvalue weighted by Crippen LogP contribution is -2.29. The van der Waals surface area contributed by atoms with E-state index in [9.17, 15) is 9.59 Å². The number of amides is 3. The molecule has 0 aliphatic rings. The van der Waals surface area contributed by atoms with Crippen molar-refractivity contribution < 1.29 is 9.59 Å². The molecular weight excluding hydrogens is 239 g/mol. The fraction of sp³-hybridized carbons (Fsp3) is 0.111. The standard InChI is InChI=1S/C9H8Cl2N2O2/c1-13(5-14)9(15)12-6-2-3-7(10)8(11)4-6/h2-5H,1H3,(H,12,15). The third-order valence-electron chi connectivity index (χ3n) is 1.65. The molecule has 1 aromatic carbocycles. The second-order valence-electron chi connectivity index (χ2n) is 2.78. The van der Waals surface area contributed by atoms with Crippen LogP contribution in [0.15, 0.2) is 18.2 Å². The highest BCUT2D eigenvalue weighted by molar-refractivity contribution is 6.42. The van der Waals surface area contributed by atoms with Gasteiger partial charge in [0, 0.05) is 12.7 Å². The van der Waals surface area contributed by atoms with E-state index in [2.05, 4.69) is 5.32 Å². The minimum absolute atomic E-state index is 0.336. The van der Waals surface area contributed by atoms with E-state index in [0.29, 0.717) is 22.1 Å². The zero-order chi connectivity index (χ0) is 11.4. The molecular formula is C9H8Cl2N2O2. The van der Waals surface area contributed by atoms with E-state index in [0.717, 1.165) is 4.90 Å². The van der Waals surface area contributed by atoms with Crippen LogP contribution in [0, 0.1) is 0 Å². The van der Waals surface area contributed by atoms with E-state index >= 15 is 0 Å². The van der Waals surface area contributed by atoms with E-state index in [1.165, 1.54) is 13.1 Å². The van der Waals surface area contributed by atoms with Crippen molar-refractivity contribution >= 4 is 41.3 Å². The summed E-state index contributed by atoms with van der Waals surface area (Å²) in [6.45, 7) is 0. The molecule has 0 aliphatic carbocycles. The SMILES string of the molecule is CN(C=O)C(=O)Nc1ccc(Cl)c(Cl)c1. The molecule has 15 heavy (non-hydrogen) atoms. The summed E-state index contributed by atoms with van der Waals surface area (Å²) in [5, 5.41) is 3.21. The number of rotatable bonds is 2. The molecule has 0 aromatic heterocycles. The van der Waals surface area contributed by atoms with Crippen molar-refractivity contribution in [3.63, 3.8) is 0 Å². The maximum absolute atomic E-state index is 11.2. The lowest BCUT2D eigenvalue weighted by molar-refractivity contribution is -0.114. The topological polar surface area (TPSA) is 49.4 Å². The van der Waals surface area contributed by atoms with E-state index < -0.39 is 6.03 Å². The molecule has 80 valence electrons. The summed E-state index contributed by atoms with van der Waals surface area (Å²) < 4.78 is 0. The highest BCUT2D eigenvalue weighted by Gasteiger charge is 2.07. The summed E-state index contributed by atoms with van der Waals surface area (Å²) in [5.74, 6) is 0. The fourth-order valence-corrected chi connectivity index (χ4v) is 1.13. The van der Waals surface area contributed by atoms with Crippen LogP contribution in [0.4, 0.5) is 10.5 Å². The second kappa shape index (κ2) is 5.00. The van der Waals surface area contributed by atoms with Gasteiger partial charge in [0.25, 0.3) is 0 Å². The molecule has 0 aliphatic heterocycles. The number of hydrogen-bond donors (Lipinski definition) is 1. The van der Waals surface area contributed by atoms with Crippen LogP contribution in [0.2, 0.25) is 10.0 Å². The molecule has 0 saturated heterocycles. The maximum Gasteiger partial charge on any atom is 0.328 e. The number of carbonyl (C=O) groups is 2. The molecule has 1 N–H and O–H groups in total. The summed E-state index contributed by atoms with van der Waals surface area (Å²) in [4.78, 5) is 22.4. The summed E-state index contributed by atoms with van der Waals surface area (Å²) >= 11 is 11.4. The zero-order valence-corrected chi connectivity index (χ0v) is 9.34. The van der Waals surface area contributed by atoms with E-state index in [1.807, 2.05) is 0 Å². The minimum atomic E-state index is -0.539. The molecule has 6 heteroatoms. The quantitative estimate of drug-likeness (QED) is 0.816. The first-order chi connectivity index (χ1) is 7.04. The molecule has 0 spiro atoms. The monoisotopic (exact) mass is 246 g/mol. The second-order valence-corrected chi connectivity index (χ2v) is 3.59. The lowest BCUT2D eigenvalue weighted by Gasteiger charge is -2.10. The van der Waals surface area contributed by atoms with Gasteiger partial charge in [0.15, 0.2) is 0 Å². The molecule has 0 radical (unpaired) electrons. The van der Waals surface area contributed by atoms with Gasteiger partial charge in [0.1, 0.15) is 0 Å². The maximum atomic E-state index is 11.2. The van der Waals surface area contributed by atoms with Gasteiger partial charge in [-0.05, 0) is 18.2 Å². The van der Waals surface area contributed by atoms with Crippen LogP contribution >= 0.6 is 23.2 Å². The first-order valence-electron chi connectivity index (χ1n) is 3.98. The predicted molar refractivity (Wildman–Crippen MR) is 59.3 cm³/mol. The number of nitrogens with zero attached hydrogens (tertiary/aromatic N) is 1. The number of imide groups is 1. The molecule has 0 bridgehead atoms. The van der Waals surface area contributed by atoms with Crippen molar-refractivity contribution in [2.75, 3.05) is 12.4 Å². The van der Waals surface area contributed by atoms with Crippen molar-refractivity contribution in [1.82, 2.24) is 4.90 Å². The smallest absolute Gasteiger partial charge is 0.307 e. The van der Waals surface area contributed by atoms with Gasteiger partial charge >= 0.3 is 6.03 Å². The Bertz CT molecular complexity index is 396. The number of anilines is 1. The Labute approximate surface area is 96.8 Å². The number of carbonyl (C=O) groups excluding carboxylic acids is 2. The van der Waals surface area contributed by atoms with Gasteiger partial charge in [0.05, 0.1) is 10.0 Å². The molecule has 0 saturated carbocycles. The van der Waals surface area contributed by atoms with Crippen molar-refractivity contribution in [2.24, 2.45) is 0 Å². The molecule has 1 aromatic rings. The van der Waals surface area contributed by atoms with Crippen LogP contribution in [0.3, 0.4) is 0 Å². The fourth-order valence-electron chi connectivity index (χ4n) is 0.833. The number of nitrogens with one attached hydrogen (secondary N) is 1. The third-order valence-corrected chi connectivity index (χ3v) is 2.39. The summed E-state index contributed by atoms with van der Waals surface area (Å²) in [6, 6.07) is 4.11. The Morgan fingerprint density at radius 3 is 2.60 bits per heavy atom. The Morgan fingerprint density at radius 1 is 1.40 bits per heavy atom. The number of benzene rings is 1. The van der Waals surface area contributed by atoms with Gasteiger partial charge in [0.2, 0.25) is 6.41 Å². The van der Waals surface area contributed by atoms with Crippen LogP contribution in [0.1, 0.15) is 0 Å². The molecule has 3 amide bonds. The van der Waals surface area contributed by atoms with Crippen molar-refractivity contribution in [3.05, 3.63) is 28.2 Å². The molecule has 0 unspecified atom stereocenters. The Kier molecular flexibility index (Phi) is 3.94. The van der Waals surface area contributed by atoms with Crippen LogP contribution < -0.4 is 5.32 Å². The van der Waals surface area contributed by atoms with Gasteiger partial charge in [-0.25, -0.2) is 4.79 Å². The number of hydrogen-bond acceptors (Lipinski definition) is 2. The predicted octanol–water partition coefficient (Wildman–Crippen LogP) is 2.61. The first kappa shape index (κ1) is 11.8. The molecule has 0 heterocycles. The van der Waals surface area contributed by atoms with E-state index in [4.69, 9.17) is 23.2 Å². The van der Waals surface area contributed by atoms with Gasteiger partial charge in [-0.15, -0.1) is 0 Å². The van der Waals surface area contributed by atoms with Crippen molar-refractivity contribution in [1.29, 1.82) is 0 Å². The summed E-state index contributed by atoms with van der Waals surface area (Å²) in [7, 11) is 1.35. The van der Waals surface area contributed by atoms with Crippen molar-refractivity contribution in [2.45, 2.75) is 0 Å². The van der Waals surface area contributed by atoms with Crippen LogP contribution in [-0.2, 0) is 4.79 Å². The molecule has 4 nitrogen and oxygen atoms in total. The average Bonchev–Trinajstić information content (AvgIpc) is 2.22. The van der Waals surface area contributed by atoms with Crippen LogP contribution in [0.5, 0.6) is 0 Å².